The predicted molar refractivity (Wildman–Crippen MR) is 101 cm³/mol. The van der Waals surface area contributed by atoms with Crippen molar-refractivity contribution >= 4 is 6.20 Å². The van der Waals surface area contributed by atoms with E-state index in [2.05, 4.69) is 22.8 Å². The summed E-state index contributed by atoms with van der Waals surface area (Å²) in [7, 11) is 0. The van der Waals surface area contributed by atoms with Gasteiger partial charge in [0.05, 0.1) is 11.5 Å². The number of benzene rings is 2. The van der Waals surface area contributed by atoms with Crippen LogP contribution in [0.5, 0.6) is 0 Å². The molecule has 0 spiro atoms. The minimum Gasteiger partial charge on any atom is -0.387 e. The molecule has 4 atom stereocenters. The third kappa shape index (κ3) is 4.13. The second-order valence-electron chi connectivity index (χ2n) is 7.13. The molecule has 2 aromatic rings. The van der Waals surface area contributed by atoms with Crippen molar-refractivity contribution in [2.75, 3.05) is 6.54 Å². The van der Waals surface area contributed by atoms with Gasteiger partial charge >= 0.3 is 0 Å². The van der Waals surface area contributed by atoms with E-state index in [4.69, 9.17) is 4.74 Å². The molecule has 2 aliphatic rings. The molecule has 3 N–H and O–H groups in total. The van der Waals surface area contributed by atoms with Crippen LogP contribution in [0.1, 0.15) is 18.4 Å². The second-order valence-corrected chi connectivity index (χ2v) is 7.13. The molecule has 2 aromatic carbocycles. The largest absolute Gasteiger partial charge is 0.387 e. The molecule has 0 aromatic heterocycles. The standard InChI is InChI=1S/C21H25N3O3/c25-20-17(12-13-24-14-16-8-4-5-9-18(16)22-23-24)19(27-21(20)26)11-10-15-6-2-1-3-7-15/h1-9,14,17,19-21,23,25-26H,10-13H2/t17-,19+,20-,21+/m0/s1. The zero-order valence-corrected chi connectivity index (χ0v) is 15.1. The van der Waals surface area contributed by atoms with Gasteiger partial charge in [0.15, 0.2) is 6.29 Å². The topological polar surface area (TPSA) is 77.3 Å². The Balaban J connectivity index is 1.38. The van der Waals surface area contributed by atoms with E-state index in [1.54, 1.807) is 0 Å². The van der Waals surface area contributed by atoms with E-state index >= 15 is 0 Å². The van der Waals surface area contributed by atoms with Crippen LogP contribution in [0, 0.1) is 5.92 Å². The summed E-state index contributed by atoms with van der Waals surface area (Å²) in [5, 5.41) is 28.6. The van der Waals surface area contributed by atoms with E-state index in [1.165, 1.54) is 5.56 Å². The fourth-order valence-corrected chi connectivity index (χ4v) is 3.80. The van der Waals surface area contributed by atoms with Gasteiger partial charge < -0.3 is 14.9 Å². The molecule has 0 saturated carbocycles. The minimum atomic E-state index is -1.11. The first-order chi connectivity index (χ1) is 13.2. The summed E-state index contributed by atoms with van der Waals surface area (Å²) in [4.78, 5) is 0. The van der Waals surface area contributed by atoms with Crippen LogP contribution >= 0.6 is 0 Å². The van der Waals surface area contributed by atoms with Crippen molar-refractivity contribution in [2.45, 2.75) is 37.8 Å². The summed E-state index contributed by atoms with van der Waals surface area (Å²) in [6.45, 7) is 0.664. The van der Waals surface area contributed by atoms with E-state index in [0.29, 0.717) is 13.0 Å². The summed E-state index contributed by atoms with van der Waals surface area (Å²) in [5.41, 5.74) is 4.25. The van der Waals surface area contributed by atoms with Crippen molar-refractivity contribution in [1.29, 1.82) is 0 Å². The summed E-state index contributed by atoms with van der Waals surface area (Å²) in [6, 6.07) is 18.1. The Hall–Kier alpha value is -2.41. The predicted octanol–water partition coefficient (Wildman–Crippen LogP) is 0.497. The average molecular weight is 367 g/mol. The molecule has 2 aliphatic heterocycles. The van der Waals surface area contributed by atoms with Crippen molar-refractivity contribution in [1.82, 2.24) is 10.5 Å². The van der Waals surface area contributed by atoms with Crippen LogP contribution in [0.2, 0.25) is 0 Å². The van der Waals surface area contributed by atoms with Crippen LogP contribution in [-0.4, -0.2) is 40.3 Å². The van der Waals surface area contributed by atoms with Gasteiger partial charge in [0.25, 0.3) is 0 Å². The van der Waals surface area contributed by atoms with Gasteiger partial charge in [-0.25, -0.2) is 5.53 Å². The van der Waals surface area contributed by atoms with Crippen LogP contribution in [-0.2, 0) is 11.2 Å². The number of nitrogens with zero attached hydrogens (tertiary/aromatic N) is 2. The molecule has 0 bridgehead atoms. The van der Waals surface area contributed by atoms with Crippen LogP contribution < -0.4 is 16.1 Å². The normalized spacial score (nSPS) is 26.7. The second kappa shape index (κ2) is 8.08. The van der Waals surface area contributed by atoms with E-state index in [0.717, 1.165) is 23.4 Å². The van der Waals surface area contributed by atoms with Gasteiger partial charge in [0.2, 0.25) is 0 Å². The maximum Gasteiger partial charge on any atom is 0.181 e. The van der Waals surface area contributed by atoms with Gasteiger partial charge in [0, 0.05) is 23.9 Å². The van der Waals surface area contributed by atoms with Gasteiger partial charge in [0.1, 0.15) is 6.10 Å². The van der Waals surface area contributed by atoms with E-state index in [9.17, 15) is 10.2 Å². The van der Waals surface area contributed by atoms with Crippen LogP contribution in [0.15, 0.2) is 59.7 Å². The van der Waals surface area contributed by atoms with Gasteiger partial charge in [-0.05, 0) is 30.9 Å². The molecule has 1 saturated heterocycles. The number of hydrogen-bond acceptors (Lipinski definition) is 6. The maximum absolute atomic E-state index is 10.4. The first kappa shape index (κ1) is 18.0. The lowest BCUT2D eigenvalue weighted by molar-refractivity contribution is -0.127. The molecular formula is C21H25N3O3. The van der Waals surface area contributed by atoms with Gasteiger partial charge in [-0.1, -0.05) is 48.5 Å². The summed E-state index contributed by atoms with van der Waals surface area (Å²) >= 11 is 0. The monoisotopic (exact) mass is 367 g/mol. The number of hydrogen-bond donors (Lipinski definition) is 3. The molecule has 1 fully saturated rings. The molecule has 0 amide bonds. The van der Waals surface area contributed by atoms with Gasteiger partial charge in [-0.3, -0.25) is 5.01 Å². The van der Waals surface area contributed by atoms with Crippen LogP contribution in [0.4, 0.5) is 0 Å². The van der Waals surface area contributed by atoms with Crippen molar-refractivity contribution in [3.8, 4) is 0 Å². The highest BCUT2D eigenvalue weighted by atomic mass is 16.6. The molecule has 4 rings (SSSR count). The Morgan fingerprint density at radius 1 is 1.00 bits per heavy atom. The Morgan fingerprint density at radius 3 is 2.63 bits per heavy atom. The number of fused-ring (bicyclic) bond motifs is 1. The highest BCUT2D eigenvalue weighted by molar-refractivity contribution is 5.22. The highest BCUT2D eigenvalue weighted by Crippen LogP contribution is 2.31. The highest BCUT2D eigenvalue weighted by Gasteiger charge is 2.42. The Kier molecular flexibility index (Phi) is 5.38. The summed E-state index contributed by atoms with van der Waals surface area (Å²) in [6.07, 6.45) is 2.20. The number of nitrogens with one attached hydrogen (secondary N) is 1. The molecule has 0 radical (unpaired) electrons. The molecule has 6 nitrogen and oxygen atoms in total. The third-order valence-corrected chi connectivity index (χ3v) is 5.32. The van der Waals surface area contributed by atoms with E-state index in [-0.39, 0.29) is 12.0 Å². The van der Waals surface area contributed by atoms with E-state index < -0.39 is 12.4 Å². The van der Waals surface area contributed by atoms with Gasteiger partial charge in [-0.2, -0.15) is 5.10 Å². The SMILES string of the molecule is O[C@H]1[C@@H](CCN2C=c3ccccc3=NN2)[C@@H](CCc2ccccc2)O[C@H]1O. The van der Waals surface area contributed by atoms with E-state index in [1.807, 2.05) is 53.7 Å². The van der Waals surface area contributed by atoms with Crippen molar-refractivity contribution in [3.05, 3.63) is 70.7 Å². The fourth-order valence-electron chi connectivity index (χ4n) is 3.80. The number of rotatable bonds is 6. The lowest BCUT2D eigenvalue weighted by Crippen LogP contribution is -2.43. The zero-order chi connectivity index (χ0) is 18.6. The first-order valence-corrected chi connectivity index (χ1v) is 9.43. The Bertz CT molecular complexity index is 874. The number of para-hydroxylation sites is 1. The van der Waals surface area contributed by atoms with Crippen LogP contribution in [0.3, 0.4) is 0 Å². The van der Waals surface area contributed by atoms with Crippen molar-refractivity contribution in [2.24, 2.45) is 11.0 Å². The average Bonchev–Trinajstić information content (AvgIpc) is 2.98. The maximum atomic E-state index is 10.4. The minimum absolute atomic E-state index is 0.115. The summed E-state index contributed by atoms with van der Waals surface area (Å²) < 4.78 is 5.64. The molecular weight excluding hydrogens is 342 g/mol. The Labute approximate surface area is 158 Å². The number of aliphatic hydroxyl groups excluding tert-OH is 2. The molecule has 0 aliphatic carbocycles. The number of aliphatic hydroxyl groups is 2. The Morgan fingerprint density at radius 2 is 1.78 bits per heavy atom. The van der Waals surface area contributed by atoms with Crippen molar-refractivity contribution in [3.63, 3.8) is 0 Å². The molecule has 6 heteroatoms. The third-order valence-electron chi connectivity index (χ3n) is 5.32. The summed E-state index contributed by atoms with van der Waals surface area (Å²) in [5.74, 6) is -0.115. The molecule has 142 valence electrons. The number of hydrazine groups is 1. The quantitative estimate of drug-likeness (QED) is 0.693. The molecule has 0 unspecified atom stereocenters. The zero-order valence-electron chi connectivity index (χ0n) is 15.1. The molecule has 27 heavy (non-hydrogen) atoms. The lowest BCUT2D eigenvalue weighted by atomic mass is 9.91. The first-order valence-electron chi connectivity index (χ1n) is 9.43. The van der Waals surface area contributed by atoms with Gasteiger partial charge in [-0.15, -0.1) is 0 Å². The van der Waals surface area contributed by atoms with Crippen molar-refractivity contribution < 1.29 is 14.9 Å². The lowest BCUT2D eigenvalue weighted by Gasteiger charge is -2.26. The number of aryl methyl sites for hydroxylation is 1. The smallest absolute Gasteiger partial charge is 0.181 e. The fraction of sp³-hybridized carbons (Fsp3) is 0.381. The number of ether oxygens (including phenoxy) is 1. The molecule has 2 heterocycles. The van der Waals surface area contributed by atoms with Crippen LogP contribution in [0.25, 0.3) is 6.20 Å².